The Morgan fingerprint density at radius 1 is 0.253 bits per heavy atom. The van der Waals surface area contributed by atoms with Gasteiger partial charge in [0.05, 0.1) is 0 Å². The number of esters is 3. The minimum atomic E-state index is -0.787. The van der Waals surface area contributed by atoms with Crippen molar-refractivity contribution in [1.29, 1.82) is 0 Å². The van der Waals surface area contributed by atoms with Crippen molar-refractivity contribution < 1.29 is 28.6 Å². The quantitative estimate of drug-likeness (QED) is 0.0261. The molecule has 1 unspecified atom stereocenters. The lowest BCUT2D eigenvalue weighted by Crippen LogP contribution is -2.30. The standard InChI is InChI=1S/C77H130O6/c1-4-7-10-13-16-19-22-25-27-29-31-33-35-36-37-38-39-40-42-43-45-47-49-52-55-58-61-64-67-70-76(79)82-73-74(72-81-75(78)69-66-63-60-57-54-51-24-21-18-15-12-9-6-3)83-77(80)71-68-65-62-59-56-53-50-48-46-44-41-34-32-30-28-26-23-20-17-14-11-8-5-2/h7-8,10-11,16-17,19-20,25-28,31-34,36-37,44,46,74H,4-6,9,12-15,18,21-24,29-30,35,38-43,45,47-73H2,1-3H3/b10-7-,11-8-,19-16-,20-17-,27-25-,28-26-,33-31-,34-32-,37-36-,46-44-. The minimum absolute atomic E-state index is 0.0810. The van der Waals surface area contributed by atoms with Gasteiger partial charge in [0, 0.05) is 19.3 Å². The van der Waals surface area contributed by atoms with Gasteiger partial charge in [0.15, 0.2) is 6.10 Å². The summed E-state index contributed by atoms with van der Waals surface area (Å²) in [6, 6.07) is 0. The molecule has 0 aliphatic carbocycles. The van der Waals surface area contributed by atoms with Gasteiger partial charge in [-0.25, -0.2) is 0 Å². The molecule has 0 saturated carbocycles. The third kappa shape index (κ3) is 68.5. The van der Waals surface area contributed by atoms with Crippen molar-refractivity contribution in [1.82, 2.24) is 0 Å². The van der Waals surface area contributed by atoms with Crippen LogP contribution in [0.1, 0.15) is 329 Å². The van der Waals surface area contributed by atoms with E-state index in [1.165, 1.54) is 161 Å². The third-order valence-electron chi connectivity index (χ3n) is 15.0. The average Bonchev–Trinajstić information content (AvgIpc) is 3.49. The van der Waals surface area contributed by atoms with E-state index in [-0.39, 0.29) is 31.1 Å². The number of unbranched alkanes of at least 4 members (excludes halogenated alkanes) is 32. The lowest BCUT2D eigenvalue weighted by Gasteiger charge is -2.18. The average molecular weight is 1150 g/mol. The maximum absolute atomic E-state index is 13.0. The van der Waals surface area contributed by atoms with Crippen molar-refractivity contribution in [2.45, 2.75) is 335 Å². The summed E-state index contributed by atoms with van der Waals surface area (Å²) >= 11 is 0. The molecule has 0 saturated heterocycles. The molecule has 0 aromatic heterocycles. The molecule has 6 heteroatoms. The first kappa shape index (κ1) is 78.8. The topological polar surface area (TPSA) is 78.9 Å². The zero-order valence-corrected chi connectivity index (χ0v) is 54.4. The van der Waals surface area contributed by atoms with Crippen LogP contribution >= 0.6 is 0 Å². The second-order valence-corrected chi connectivity index (χ2v) is 23.0. The second kappa shape index (κ2) is 70.3. The van der Waals surface area contributed by atoms with Gasteiger partial charge < -0.3 is 14.2 Å². The Morgan fingerprint density at radius 3 is 0.735 bits per heavy atom. The fourth-order valence-electron chi connectivity index (χ4n) is 9.79. The van der Waals surface area contributed by atoms with Crippen molar-refractivity contribution in [2.75, 3.05) is 13.2 Å². The molecule has 0 aliphatic rings. The van der Waals surface area contributed by atoms with Gasteiger partial charge in [-0.1, -0.05) is 322 Å². The van der Waals surface area contributed by atoms with Crippen LogP contribution in [-0.4, -0.2) is 37.2 Å². The van der Waals surface area contributed by atoms with Crippen molar-refractivity contribution >= 4 is 17.9 Å². The highest BCUT2D eigenvalue weighted by Gasteiger charge is 2.19. The predicted molar refractivity (Wildman–Crippen MR) is 362 cm³/mol. The smallest absolute Gasteiger partial charge is 0.306 e. The summed E-state index contributed by atoms with van der Waals surface area (Å²) in [5.41, 5.74) is 0. The van der Waals surface area contributed by atoms with E-state index >= 15 is 0 Å². The fraction of sp³-hybridized carbons (Fsp3) is 0.701. The zero-order chi connectivity index (χ0) is 59.9. The monoisotopic (exact) mass is 1150 g/mol. The highest BCUT2D eigenvalue weighted by Crippen LogP contribution is 2.17. The van der Waals surface area contributed by atoms with Crippen LogP contribution in [0.15, 0.2) is 122 Å². The first-order valence-electron chi connectivity index (χ1n) is 35.0. The lowest BCUT2D eigenvalue weighted by atomic mass is 10.0. The summed E-state index contributed by atoms with van der Waals surface area (Å²) in [4.78, 5) is 38.4. The Kier molecular flexibility index (Phi) is 66.7. The number of carbonyl (C=O) groups excluding carboxylic acids is 3. The van der Waals surface area contributed by atoms with E-state index in [1.807, 2.05) is 0 Å². The molecule has 83 heavy (non-hydrogen) atoms. The van der Waals surface area contributed by atoms with Gasteiger partial charge in [0.1, 0.15) is 13.2 Å². The first-order valence-corrected chi connectivity index (χ1v) is 35.0. The van der Waals surface area contributed by atoms with Crippen molar-refractivity contribution in [3.8, 4) is 0 Å². The largest absolute Gasteiger partial charge is 0.462 e. The van der Waals surface area contributed by atoms with Crippen LogP contribution in [0.2, 0.25) is 0 Å². The molecule has 0 fully saturated rings. The molecule has 0 bridgehead atoms. The van der Waals surface area contributed by atoms with E-state index in [0.717, 1.165) is 128 Å². The van der Waals surface area contributed by atoms with Crippen molar-refractivity contribution in [3.63, 3.8) is 0 Å². The van der Waals surface area contributed by atoms with Crippen LogP contribution in [0.5, 0.6) is 0 Å². The molecule has 0 rings (SSSR count). The van der Waals surface area contributed by atoms with Crippen LogP contribution in [0.3, 0.4) is 0 Å². The minimum Gasteiger partial charge on any atom is -0.462 e. The Morgan fingerprint density at radius 2 is 0.470 bits per heavy atom. The number of hydrogen-bond acceptors (Lipinski definition) is 6. The number of ether oxygens (including phenoxy) is 3. The van der Waals surface area contributed by atoms with Gasteiger partial charge in [-0.15, -0.1) is 0 Å². The highest BCUT2D eigenvalue weighted by atomic mass is 16.6. The molecule has 0 aliphatic heterocycles. The fourth-order valence-corrected chi connectivity index (χ4v) is 9.79. The highest BCUT2D eigenvalue weighted by molar-refractivity contribution is 5.71. The summed E-state index contributed by atoms with van der Waals surface area (Å²) in [7, 11) is 0. The van der Waals surface area contributed by atoms with Gasteiger partial charge >= 0.3 is 17.9 Å². The van der Waals surface area contributed by atoms with E-state index < -0.39 is 6.10 Å². The van der Waals surface area contributed by atoms with E-state index in [9.17, 15) is 14.4 Å². The normalized spacial score (nSPS) is 12.9. The molecule has 0 aromatic rings. The summed E-state index contributed by atoms with van der Waals surface area (Å²) < 4.78 is 17.0. The van der Waals surface area contributed by atoms with Crippen molar-refractivity contribution in [3.05, 3.63) is 122 Å². The molecule has 474 valence electrons. The number of rotatable bonds is 63. The number of carbonyl (C=O) groups is 3. The second-order valence-electron chi connectivity index (χ2n) is 23.0. The van der Waals surface area contributed by atoms with Gasteiger partial charge in [-0.05, 0) is 109 Å². The molecule has 0 spiro atoms. The Balaban J connectivity index is 4.30. The van der Waals surface area contributed by atoms with Crippen LogP contribution in [0, 0.1) is 0 Å². The van der Waals surface area contributed by atoms with Gasteiger partial charge in [-0.3, -0.25) is 14.4 Å². The predicted octanol–water partition coefficient (Wildman–Crippen LogP) is 24.3. The molecule has 1 atom stereocenters. The van der Waals surface area contributed by atoms with Crippen LogP contribution in [-0.2, 0) is 28.6 Å². The third-order valence-corrected chi connectivity index (χ3v) is 15.0. The summed E-state index contributed by atoms with van der Waals surface area (Å²) in [6.45, 7) is 6.43. The van der Waals surface area contributed by atoms with Gasteiger partial charge in [0.25, 0.3) is 0 Å². The van der Waals surface area contributed by atoms with Gasteiger partial charge in [0.2, 0.25) is 0 Å². The Labute approximate surface area is 513 Å². The van der Waals surface area contributed by atoms with Crippen LogP contribution < -0.4 is 0 Å². The molecule has 0 aromatic carbocycles. The van der Waals surface area contributed by atoms with E-state index in [2.05, 4.69) is 142 Å². The summed E-state index contributed by atoms with van der Waals surface area (Å²) in [6.07, 6.45) is 97.9. The molecular formula is C77H130O6. The maximum atomic E-state index is 13.0. The summed E-state index contributed by atoms with van der Waals surface area (Å²) in [5.74, 6) is -0.881. The van der Waals surface area contributed by atoms with Gasteiger partial charge in [-0.2, -0.15) is 0 Å². The number of hydrogen-bond donors (Lipinski definition) is 0. The SMILES string of the molecule is CC/C=C\C/C=C\C/C=C\C/C=C\C/C=C\CCCCCCCCCCCCCCCC(=O)OCC(COC(=O)CCCCCCCCCCCCCCC)OC(=O)CCCCCCCCC/C=C\C/C=C\C/C=C\C/C=C\C/C=C\CC. The Bertz CT molecular complexity index is 1700. The Hall–Kier alpha value is -4.19. The number of allylic oxidation sites excluding steroid dienone is 20. The molecule has 0 radical (unpaired) electrons. The van der Waals surface area contributed by atoms with Crippen LogP contribution in [0.4, 0.5) is 0 Å². The zero-order valence-electron chi connectivity index (χ0n) is 54.4. The molecule has 6 nitrogen and oxygen atoms in total. The van der Waals surface area contributed by atoms with Crippen molar-refractivity contribution in [2.24, 2.45) is 0 Å². The van der Waals surface area contributed by atoms with E-state index in [4.69, 9.17) is 14.2 Å². The molecule has 0 amide bonds. The maximum Gasteiger partial charge on any atom is 0.306 e. The van der Waals surface area contributed by atoms with E-state index in [0.29, 0.717) is 19.3 Å². The molecular weight excluding hydrogens is 1020 g/mol. The van der Waals surface area contributed by atoms with Crippen LogP contribution in [0.25, 0.3) is 0 Å². The molecule has 0 heterocycles. The van der Waals surface area contributed by atoms with E-state index in [1.54, 1.807) is 0 Å². The lowest BCUT2D eigenvalue weighted by molar-refractivity contribution is -0.167. The summed E-state index contributed by atoms with van der Waals surface area (Å²) in [5, 5.41) is 0. The molecule has 0 N–H and O–H groups in total. The first-order chi connectivity index (χ1) is 41.0.